The number of nitrogens with one attached hydrogen (secondary N) is 1. The maximum absolute atomic E-state index is 10.9. The second kappa shape index (κ2) is 10.5. The van der Waals surface area contributed by atoms with Crippen molar-refractivity contribution in [3.8, 4) is 5.75 Å². The Morgan fingerprint density at radius 1 is 1.12 bits per heavy atom. The average molecular weight is 446 g/mol. The maximum Gasteiger partial charge on any atom is 0.551 e. The van der Waals surface area contributed by atoms with E-state index >= 15 is 0 Å². The van der Waals surface area contributed by atoms with Gasteiger partial charge in [0.25, 0.3) is 5.69 Å². The number of unbranched alkanes of at least 4 members (excludes halogenated alkanes) is 2. The zero-order valence-corrected chi connectivity index (χ0v) is 21.1. The van der Waals surface area contributed by atoms with Gasteiger partial charge in [-0.2, -0.15) is 0 Å². The van der Waals surface area contributed by atoms with Gasteiger partial charge < -0.3 is 19.5 Å². The lowest BCUT2D eigenvalue weighted by Crippen LogP contribution is -2.68. The standard InChI is InChI=1S/C27H44N2O3/c1-7-10-13-18-31-23-15-12-11-14-22(23)28-25(30)32-24-20(19-29(8-2)9-3)21-16-17-27(24,6)26(21,4)5/h11-12,14-15,20-21,24H,7-10,13,16-19H2,1-6H3,(H,28,30)/p+1/t20-,21+,24-,27-/m1/s1. The van der Waals surface area contributed by atoms with E-state index in [1.54, 1.807) is 0 Å². The van der Waals surface area contributed by atoms with E-state index in [-0.39, 0.29) is 23.0 Å². The molecule has 2 N–H and O–H groups in total. The Kier molecular flexibility index (Phi) is 8.13. The van der Waals surface area contributed by atoms with Gasteiger partial charge in [0.15, 0.2) is 5.75 Å². The number of hydrogen-bond acceptors (Lipinski definition) is 3. The highest BCUT2D eigenvalue weighted by atomic mass is 16.6. The molecule has 2 aliphatic carbocycles. The van der Waals surface area contributed by atoms with Gasteiger partial charge in [-0.3, -0.25) is 0 Å². The van der Waals surface area contributed by atoms with Crippen LogP contribution >= 0.6 is 0 Å². The van der Waals surface area contributed by atoms with Crippen molar-refractivity contribution in [3.05, 3.63) is 24.3 Å². The summed E-state index contributed by atoms with van der Waals surface area (Å²) in [6.45, 7) is 17.6. The fourth-order valence-electron chi connectivity index (χ4n) is 6.22. The third-order valence-corrected chi connectivity index (χ3v) is 8.64. The lowest BCUT2D eigenvalue weighted by atomic mass is 9.70. The number of benzene rings is 1. The lowest BCUT2D eigenvalue weighted by Gasteiger charge is -2.39. The highest BCUT2D eigenvalue weighted by Crippen LogP contribution is 2.68. The molecule has 4 atom stereocenters. The Balaban J connectivity index is 1.79. The molecule has 5 nitrogen and oxygen atoms in total. The SMILES string of the molecule is CCCCCOc1ccccc1[NH+]=C(O)O[C@@H]1[C@H](CN(CC)CC)[C@@H]2CC[C@@]1(C)C2(C)C. The molecule has 1 aromatic carbocycles. The fraction of sp³-hybridized carbons (Fsp3) is 0.741. The topological polar surface area (TPSA) is 55.9 Å². The van der Waals surface area contributed by atoms with E-state index in [0.29, 0.717) is 18.4 Å². The van der Waals surface area contributed by atoms with Crippen LogP contribution in [-0.2, 0) is 4.74 Å². The van der Waals surface area contributed by atoms with Crippen molar-refractivity contribution < 1.29 is 19.6 Å². The van der Waals surface area contributed by atoms with Crippen LogP contribution in [0.3, 0.4) is 0 Å². The van der Waals surface area contributed by atoms with Gasteiger partial charge in [0.1, 0.15) is 6.10 Å². The zero-order valence-electron chi connectivity index (χ0n) is 21.1. The summed E-state index contributed by atoms with van der Waals surface area (Å²) in [6.07, 6.45) is 5.61. The van der Waals surface area contributed by atoms with E-state index in [2.05, 4.69) is 51.4 Å². The molecular formula is C27H45N2O3+. The van der Waals surface area contributed by atoms with Gasteiger partial charge in [0, 0.05) is 23.9 Å². The number of para-hydroxylation sites is 2. The molecule has 2 saturated carbocycles. The van der Waals surface area contributed by atoms with Gasteiger partial charge in [0.05, 0.1) is 6.61 Å². The Labute approximate surface area is 195 Å². The monoisotopic (exact) mass is 445 g/mol. The van der Waals surface area contributed by atoms with Gasteiger partial charge in [-0.15, -0.1) is 4.99 Å². The van der Waals surface area contributed by atoms with E-state index < -0.39 is 0 Å². The van der Waals surface area contributed by atoms with Crippen molar-refractivity contribution in [2.24, 2.45) is 22.7 Å². The number of aliphatic hydroxyl groups excluding tert-OH is 1. The second-order valence-corrected chi connectivity index (χ2v) is 10.5. The smallest absolute Gasteiger partial charge is 0.487 e. The molecule has 5 heteroatoms. The number of rotatable bonds is 11. The van der Waals surface area contributed by atoms with E-state index in [9.17, 15) is 5.11 Å². The molecule has 0 saturated heterocycles. The van der Waals surface area contributed by atoms with Crippen molar-refractivity contribution in [2.45, 2.75) is 79.8 Å². The fourth-order valence-corrected chi connectivity index (χ4v) is 6.22. The van der Waals surface area contributed by atoms with Crippen molar-refractivity contribution >= 4 is 11.8 Å². The van der Waals surface area contributed by atoms with Crippen LogP contribution < -0.4 is 9.73 Å². The molecule has 1 aromatic rings. The summed E-state index contributed by atoms with van der Waals surface area (Å²) >= 11 is 0. The van der Waals surface area contributed by atoms with E-state index in [1.165, 1.54) is 6.42 Å². The minimum Gasteiger partial charge on any atom is -0.487 e. The van der Waals surface area contributed by atoms with Crippen LogP contribution in [0.25, 0.3) is 0 Å². The van der Waals surface area contributed by atoms with Crippen LogP contribution in [0.4, 0.5) is 5.69 Å². The minimum absolute atomic E-state index is 0.0121. The quantitative estimate of drug-likeness (QED) is 0.295. The summed E-state index contributed by atoms with van der Waals surface area (Å²) < 4.78 is 12.3. The van der Waals surface area contributed by atoms with Crippen LogP contribution in [0.5, 0.6) is 5.75 Å². The predicted octanol–water partition coefficient (Wildman–Crippen LogP) is 4.68. The molecule has 0 amide bonds. The molecule has 3 rings (SSSR count). The summed E-state index contributed by atoms with van der Waals surface area (Å²) in [6, 6.07) is 7.76. The Hall–Kier alpha value is -1.75. The van der Waals surface area contributed by atoms with E-state index in [4.69, 9.17) is 9.47 Å². The molecule has 0 spiro atoms. The number of hydrogen-bond donors (Lipinski definition) is 2. The Morgan fingerprint density at radius 3 is 2.53 bits per heavy atom. The van der Waals surface area contributed by atoms with Crippen LogP contribution in [0.15, 0.2) is 24.3 Å². The number of nitrogens with zero attached hydrogens (tertiary/aromatic N) is 1. The summed E-state index contributed by atoms with van der Waals surface area (Å²) in [5.41, 5.74) is 0.978. The highest BCUT2D eigenvalue weighted by Gasteiger charge is 2.67. The predicted molar refractivity (Wildman–Crippen MR) is 130 cm³/mol. The van der Waals surface area contributed by atoms with Crippen molar-refractivity contribution in [3.63, 3.8) is 0 Å². The zero-order chi connectivity index (χ0) is 23.4. The molecule has 2 aliphatic rings. The average Bonchev–Trinajstić information content (AvgIpc) is 3.09. The summed E-state index contributed by atoms with van der Waals surface area (Å²) in [4.78, 5) is 5.59. The normalized spacial score (nSPS) is 29.0. The van der Waals surface area contributed by atoms with Gasteiger partial charge in [-0.1, -0.05) is 66.5 Å². The molecule has 32 heavy (non-hydrogen) atoms. The first-order valence-electron chi connectivity index (χ1n) is 12.7. The lowest BCUT2D eigenvalue weighted by molar-refractivity contribution is -0.386. The molecule has 2 fully saturated rings. The Morgan fingerprint density at radius 2 is 1.84 bits per heavy atom. The van der Waals surface area contributed by atoms with E-state index in [0.717, 1.165) is 56.8 Å². The second-order valence-electron chi connectivity index (χ2n) is 10.5. The molecular weight excluding hydrogens is 400 g/mol. The van der Waals surface area contributed by atoms with Gasteiger partial charge in [-0.25, -0.2) is 0 Å². The van der Waals surface area contributed by atoms with Crippen molar-refractivity contribution in [1.29, 1.82) is 0 Å². The van der Waals surface area contributed by atoms with Crippen molar-refractivity contribution in [1.82, 2.24) is 4.90 Å². The molecule has 0 radical (unpaired) electrons. The van der Waals surface area contributed by atoms with Gasteiger partial charge in [0.2, 0.25) is 0 Å². The summed E-state index contributed by atoms with van der Waals surface area (Å²) in [7, 11) is 0. The molecule has 0 aliphatic heterocycles. The largest absolute Gasteiger partial charge is 0.551 e. The van der Waals surface area contributed by atoms with Crippen LogP contribution in [0.1, 0.15) is 73.6 Å². The summed E-state index contributed by atoms with van der Waals surface area (Å²) in [5, 5.41) is 10.9. The molecule has 180 valence electrons. The summed E-state index contributed by atoms with van der Waals surface area (Å²) in [5.74, 6) is 1.77. The third kappa shape index (κ3) is 4.78. The number of aliphatic hydroxyl groups is 1. The minimum atomic E-state index is -0.117. The number of ether oxygens (including phenoxy) is 2. The molecule has 0 aromatic heterocycles. The molecule has 2 bridgehead atoms. The van der Waals surface area contributed by atoms with Crippen LogP contribution in [0, 0.1) is 22.7 Å². The first-order chi connectivity index (χ1) is 15.3. The van der Waals surface area contributed by atoms with Gasteiger partial charge in [-0.05, 0) is 49.8 Å². The van der Waals surface area contributed by atoms with Gasteiger partial charge >= 0.3 is 6.08 Å². The first-order valence-corrected chi connectivity index (χ1v) is 12.7. The van der Waals surface area contributed by atoms with Crippen LogP contribution in [0.2, 0.25) is 0 Å². The maximum atomic E-state index is 10.9. The first kappa shape index (κ1) is 24.9. The highest BCUT2D eigenvalue weighted by molar-refractivity contribution is 5.60. The van der Waals surface area contributed by atoms with Crippen LogP contribution in [-0.4, -0.2) is 48.4 Å². The van der Waals surface area contributed by atoms with Crippen molar-refractivity contribution in [2.75, 3.05) is 26.2 Å². The third-order valence-electron chi connectivity index (χ3n) is 8.64. The number of fused-ring (bicyclic) bond motifs is 2. The Bertz CT molecular complexity index is 774. The van der Waals surface area contributed by atoms with E-state index in [1.807, 2.05) is 24.3 Å². The molecule has 0 heterocycles. The molecule has 0 unspecified atom stereocenters.